The molecule has 0 aromatic heterocycles. The number of hydrogen-bond acceptors (Lipinski definition) is 5. The molecule has 2 aliphatic heterocycles. The molecular weight excluding hydrogens is 422 g/mol. The molecule has 8 nitrogen and oxygen atoms in total. The summed E-state index contributed by atoms with van der Waals surface area (Å²) in [5, 5.41) is 1.10. The van der Waals surface area contributed by atoms with E-state index in [1.807, 2.05) is 58.0 Å². The van der Waals surface area contributed by atoms with Crippen LogP contribution in [-0.4, -0.2) is 64.7 Å². The van der Waals surface area contributed by atoms with Gasteiger partial charge in [0, 0.05) is 31.7 Å². The van der Waals surface area contributed by atoms with Crippen LogP contribution < -0.4 is 0 Å². The first-order valence-corrected chi connectivity index (χ1v) is 11.1. The largest absolute Gasteiger partial charge is 0.444 e. The average molecular weight is 452 g/mol. The maximum absolute atomic E-state index is 12.8. The molecule has 8 heteroatoms. The third-order valence-electron chi connectivity index (χ3n) is 5.61. The van der Waals surface area contributed by atoms with Crippen LogP contribution in [-0.2, 0) is 16.1 Å². The predicted octanol–water partition coefficient (Wildman–Crippen LogP) is 4.22. The lowest BCUT2D eigenvalue weighted by molar-refractivity contribution is -0.0855. The molecule has 2 aromatic carbocycles. The predicted molar refractivity (Wildman–Crippen MR) is 122 cm³/mol. The number of aryl methyl sites for hydroxylation is 1. The number of carbonyl (C=O) groups excluding carboxylic acids is 3. The number of ether oxygens (including phenoxy) is 1. The average Bonchev–Trinajstić information content (AvgIpc) is 3.07. The van der Waals surface area contributed by atoms with E-state index in [4.69, 9.17) is 9.57 Å². The standard InChI is InChI=1S/C25H29N3O5/c1-17-6-5-7-18(14-17)19-8-9-21-20(15-19)16-28(22(21)29)33-24(31)27-12-10-26(11-13-27)23(30)32-25(2,3)4/h5-9,14-15H,10-13,16H2,1-4H3. The van der Waals surface area contributed by atoms with Gasteiger partial charge in [-0.1, -0.05) is 35.9 Å². The van der Waals surface area contributed by atoms with Gasteiger partial charge in [0.1, 0.15) is 5.60 Å². The van der Waals surface area contributed by atoms with Crippen molar-refractivity contribution in [3.8, 4) is 11.1 Å². The topological polar surface area (TPSA) is 79.4 Å². The molecule has 2 aromatic rings. The second-order valence-electron chi connectivity index (χ2n) is 9.39. The highest BCUT2D eigenvalue weighted by Gasteiger charge is 2.34. The number of piperazine rings is 1. The zero-order valence-electron chi connectivity index (χ0n) is 19.5. The molecule has 1 saturated heterocycles. The van der Waals surface area contributed by atoms with Crippen molar-refractivity contribution in [1.29, 1.82) is 0 Å². The quantitative estimate of drug-likeness (QED) is 0.683. The van der Waals surface area contributed by atoms with Crippen molar-refractivity contribution in [2.45, 2.75) is 39.8 Å². The van der Waals surface area contributed by atoms with Gasteiger partial charge in [0.25, 0.3) is 5.91 Å². The Morgan fingerprint density at radius 2 is 1.52 bits per heavy atom. The van der Waals surface area contributed by atoms with Crippen molar-refractivity contribution in [3.05, 3.63) is 59.2 Å². The fourth-order valence-electron chi connectivity index (χ4n) is 3.92. The molecule has 1 fully saturated rings. The Morgan fingerprint density at radius 3 is 2.15 bits per heavy atom. The van der Waals surface area contributed by atoms with Gasteiger partial charge in [-0.05, 0) is 56.5 Å². The molecule has 33 heavy (non-hydrogen) atoms. The van der Waals surface area contributed by atoms with E-state index >= 15 is 0 Å². The molecule has 4 rings (SSSR count). The number of hydroxylamine groups is 2. The molecule has 0 saturated carbocycles. The Morgan fingerprint density at radius 1 is 0.879 bits per heavy atom. The van der Waals surface area contributed by atoms with E-state index in [2.05, 4.69) is 6.07 Å². The Labute approximate surface area is 193 Å². The Kier molecular flexibility index (Phi) is 6.01. The van der Waals surface area contributed by atoms with Crippen LogP contribution >= 0.6 is 0 Å². The molecule has 0 N–H and O–H groups in total. The Hall–Kier alpha value is -3.55. The monoisotopic (exact) mass is 451 g/mol. The third kappa shape index (κ3) is 5.10. The third-order valence-corrected chi connectivity index (χ3v) is 5.61. The van der Waals surface area contributed by atoms with Crippen molar-refractivity contribution in [2.75, 3.05) is 26.2 Å². The number of hydrogen-bond donors (Lipinski definition) is 0. The highest BCUT2D eigenvalue weighted by atomic mass is 16.7. The maximum Gasteiger partial charge on any atom is 0.434 e. The van der Waals surface area contributed by atoms with Gasteiger partial charge in [-0.3, -0.25) is 4.79 Å². The van der Waals surface area contributed by atoms with Crippen molar-refractivity contribution < 1.29 is 24.0 Å². The SMILES string of the molecule is Cc1cccc(-c2ccc3c(c2)CN(OC(=O)N2CCN(C(=O)OC(C)(C)C)CC2)C3=O)c1. The fourth-order valence-corrected chi connectivity index (χ4v) is 3.92. The van der Waals surface area contributed by atoms with Crippen molar-refractivity contribution in [2.24, 2.45) is 0 Å². The normalized spacial score (nSPS) is 16.0. The molecule has 0 atom stereocenters. The molecule has 0 radical (unpaired) electrons. The summed E-state index contributed by atoms with van der Waals surface area (Å²) in [5.74, 6) is -0.332. The number of fused-ring (bicyclic) bond motifs is 1. The van der Waals surface area contributed by atoms with Crippen molar-refractivity contribution in [1.82, 2.24) is 14.9 Å². The van der Waals surface area contributed by atoms with E-state index < -0.39 is 17.8 Å². The summed E-state index contributed by atoms with van der Waals surface area (Å²) < 4.78 is 5.38. The zero-order valence-corrected chi connectivity index (χ0v) is 19.5. The van der Waals surface area contributed by atoms with Crippen LogP contribution in [0.5, 0.6) is 0 Å². The van der Waals surface area contributed by atoms with Crippen LogP contribution in [0, 0.1) is 6.92 Å². The van der Waals surface area contributed by atoms with Crippen LogP contribution in [0.1, 0.15) is 42.3 Å². The summed E-state index contributed by atoms with van der Waals surface area (Å²) in [5.41, 5.74) is 4.03. The second kappa shape index (κ2) is 8.77. The van der Waals surface area contributed by atoms with E-state index in [1.54, 1.807) is 11.0 Å². The van der Waals surface area contributed by atoms with Gasteiger partial charge >= 0.3 is 12.2 Å². The first-order chi connectivity index (χ1) is 15.6. The summed E-state index contributed by atoms with van der Waals surface area (Å²) >= 11 is 0. The molecule has 174 valence electrons. The van der Waals surface area contributed by atoms with Gasteiger partial charge in [0.2, 0.25) is 0 Å². The van der Waals surface area contributed by atoms with E-state index in [-0.39, 0.29) is 12.5 Å². The lowest BCUT2D eigenvalue weighted by Gasteiger charge is -2.35. The summed E-state index contributed by atoms with van der Waals surface area (Å²) in [7, 11) is 0. The maximum atomic E-state index is 12.8. The smallest absolute Gasteiger partial charge is 0.434 e. The van der Waals surface area contributed by atoms with E-state index in [1.165, 1.54) is 4.90 Å². The van der Waals surface area contributed by atoms with Gasteiger partial charge in [0.05, 0.1) is 6.54 Å². The number of benzene rings is 2. The summed E-state index contributed by atoms with van der Waals surface area (Å²) in [6.45, 7) is 8.99. The molecular formula is C25H29N3O5. The molecule has 0 spiro atoms. The molecule has 0 aliphatic carbocycles. The van der Waals surface area contributed by atoms with Crippen molar-refractivity contribution in [3.63, 3.8) is 0 Å². The Balaban J connectivity index is 1.35. The minimum atomic E-state index is -0.598. The van der Waals surface area contributed by atoms with Gasteiger partial charge in [-0.25, -0.2) is 9.59 Å². The van der Waals surface area contributed by atoms with Crippen LogP contribution in [0.3, 0.4) is 0 Å². The summed E-state index contributed by atoms with van der Waals surface area (Å²) in [4.78, 5) is 46.1. The molecule has 0 bridgehead atoms. The number of rotatable bonds is 2. The van der Waals surface area contributed by atoms with Crippen LogP contribution in [0.15, 0.2) is 42.5 Å². The summed E-state index contributed by atoms with van der Waals surface area (Å²) in [6, 6.07) is 13.8. The number of nitrogens with zero attached hydrogens (tertiary/aromatic N) is 3. The highest BCUT2D eigenvalue weighted by molar-refractivity contribution is 5.98. The first-order valence-electron chi connectivity index (χ1n) is 11.1. The van der Waals surface area contributed by atoms with E-state index in [0.29, 0.717) is 31.7 Å². The van der Waals surface area contributed by atoms with E-state index in [9.17, 15) is 14.4 Å². The summed E-state index contributed by atoms with van der Waals surface area (Å²) in [6.07, 6.45) is -0.996. The van der Waals surface area contributed by atoms with Gasteiger partial charge in [-0.2, -0.15) is 5.06 Å². The molecule has 2 heterocycles. The number of carbonyl (C=O) groups is 3. The lowest BCUT2D eigenvalue weighted by atomic mass is 9.99. The van der Waals surface area contributed by atoms with Gasteiger partial charge < -0.3 is 19.4 Å². The van der Waals surface area contributed by atoms with Crippen molar-refractivity contribution >= 4 is 18.1 Å². The van der Waals surface area contributed by atoms with Crippen LogP contribution in [0.4, 0.5) is 9.59 Å². The highest BCUT2D eigenvalue weighted by Crippen LogP contribution is 2.29. The van der Waals surface area contributed by atoms with Gasteiger partial charge in [-0.15, -0.1) is 0 Å². The van der Waals surface area contributed by atoms with Crippen LogP contribution in [0.25, 0.3) is 11.1 Å². The minimum absolute atomic E-state index is 0.206. The minimum Gasteiger partial charge on any atom is -0.444 e. The number of amides is 3. The second-order valence-corrected chi connectivity index (χ2v) is 9.39. The van der Waals surface area contributed by atoms with Gasteiger partial charge in [0.15, 0.2) is 0 Å². The fraction of sp³-hybridized carbons (Fsp3) is 0.400. The molecule has 2 aliphatic rings. The molecule has 0 unspecified atom stereocenters. The zero-order chi connectivity index (χ0) is 23.8. The van der Waals surface area contributed by atoms with Crippen LogP contribution in [0.2, 0.25) is 0 Å². The van der Waals surface area contributed by atoms with E-state index in [0.717, 1.165) is 27.3 Å². The lowest BCUT2D eigenvalue weighted by Crippen LogP contribution is -2.52. The molecule has 3 amide bonds. The first kappa shape index (κ1) is 22.6. The Bertz CT molecular complexity index is 1080.